The Morgan fingerprint density at radius 3 is 2.63 bits per heavy atom. The number of esters is 1. The fourth-order valence-corrected chi connectivity index (χ4v) is 3.29. The summed E-state index contributed by atoms with van der Waals surface area (Å²) in [5.74, 6) is -0.994. The molecule has 0 aliphatic heterocycles. The van der Waals surface area contributed by atoms with Crippen molar-refractivity contribution >= 4 is 42.6 Å². The molecular formula is C15H11N2Na2O6PS. The molecule has 0 spiro atoms. The van der Waals surface area contributed by atoms with E-state index in [0.29, 0.717) is 16.5 Å². The standard InChI is InChI=1S/C15H11N2O6PS.2Na/c1-22-15(19)11-7-25-14(16-11)13(18)10-6-17(8-23-24(20)21)12-5-3-2-4-9(10)12;;/h2-7H,8H2,1H3;;/q-2;2*+1. The van der Waals surface area contributed by atoms with E-state index in [1.54, 1.807) is 24.3 Å². The van der Waals surface area contributed by atoms with Crippen molar-refractivity contribution in [2.24, 2.45) is 0 Å². The van der Waals surface area contributed by atoms with Gasteiger partial charge in [0.2, 0.25) is 5.78 Å². The van der Waals surface area contributed by atoms with Crippen LogP contribution < -0.4 is 68.9 Å². The first-order chi connectivity index (χ1) is 12.0. The second kappa shape index (κ2) is 11.1. The van der Waals surface area contributed by atoms with E-state index >= 15 is 0 Å². The number of methoxy groups -OCH3 is 1. The average Bonchev–Trinajstić information content (AvgIpc) is 3.24. The third kappa shape index (κ3) is 5.68. The summed E-state index contributed by atoms with van der Waals surface area (Å²) in [5.41, 5.74) is 1.05. The van der Waals surface area contributed by atoms with Crippen LogP contribution in [0.15, 0.2) is 35.8 Å². The second-order valence-electron chi connectivity index (χ2n) is 4.87. The van der Waals surface area contributed by atoms with Crippen LogP contribution in [0.5, 0.6) is 0 Å². The van der Waals surface area contributed by atoms with Gasteiger partial charge < -0.3 is 23.6 Å². The first-order valence-electron chi connectivity index (χ1n) is 6.95. The third-order valence-corrected chi connectivity index (χ3v) is 4.60. The van der Waals surface area contributed by atoms with Crippen molar-refractivity contribution in [2.75, 3.05) is 7.11 Å². The number of rotatable bonds is 6. The summed E-state index contributed by atoms with van der Waals surface area (Å²) in [6.07, 6.45) is 1.51. The van der Waals surface area contributed by atoms with Crippen LogP contribution in [0.25, 0.3) is 10.9 Å². The minimum Gasteiger partial charge on any atom is -0.820 e. The Labute approximate surface area is 204 Å². The molecule has 130 valence electrons. The van der Waals surface area contributed by atoms with Crippen LogP contribution in [0.3, 0.4) is 0 Å². The van der Waals surface area contributed by atoms with Crippen LogP contribution in [-0.2, 0) is 16.0 Å². The Kier molecular flexibility index (Phi) is 10.3. The summed E-state index contributed by atoms with van der Waals surface area (Å²) in [6.45, 7) is -0.238. The maximum absolute atomic E-state index is 12.8. The maximum Gasteiger partial charge on any atom is 1.00 e. The molecule has 2 heterocycles. The maximum atomic E-state index is 12.8. The summed E-state index contributed by atoms with van der Waals surface area (Å²) in [5, 5.41) is 2.22. The van der Waals surface area contributed by atoms with Gasteiger partial charge in [-0.1, -0.05) is 18.2 Å². The topological polar surface area (TPSA) is 117 Å². The van der Waals surface area contributed by atoms with Crippen LogP contribution in [0.1, 0.15) is 25.9 Å². The van der Waals surface area contributed by atoms with Crippen molar-refractivity contribution in [3.05, 3.63) is 52.1 Å². The second-order valence-corrected chi connectivity index (χ2v) is 6.43. The molecule has 0 aliphatic rings. The summed E-state index contributed by atoms with van der Waals surface area (Å²) in [6, 6.07) is 7.02. The van der Waals surface area contributed by atoms with Crippen LogP contribution in [-0.4, -0.2) is 28.4 Å². The normalized spacial score (nSPS) is 10.4. The molecule has 0 radical (unpaired) electrons. The molecule has 0 saturated heterocycles. The molecule has 0 aliphatic carbocycles. The molecule has 0 amide bonds. The van der Waals surface area contributed by atoms with Gasteiger partial charge in [0.15, 0.2) is 10.7 Å². The van der Waals surface area contributed by atoms with E-state index in [1.807, 2.05) is 0 Å². The van der Waals surface area contributed by atoms with Gasteiger partial charge in [-0.25, -0.2) is 9.78 Å². The Morgan fingerprint density at radius 1 is 1.26 bits per heavy atom. The Balaban J connectivity index is 0.00000182. The monoisotopic (exact) mass is 424 g/mol. The Morgan fingerprint density at radius 2 is 1.96 bits per heavy atom. The summed E-state index contributed by atoms with van der Waals surface area (Å²) in [4.78, 5) is 49.5. The molecule has 0 atom stereocenters. The smallest absolute Gasteiger partial charge is 0.820 e. The molecule has 0 fully saturated rings. The largest absolute Gasteiger partial charge is 1.00 e. The van der Waals surface area contributed by atoms with Gasteiger partial charge in [-0.05, 0) is 6.07 Å². The van der Waals surface area contributed by atoms with E-state index in [-0.39, 0.29) is 82.3 Å². The fourth-order valence-electron chi connectivity index (χ4n) is 2.34. The molecule has 27 heavy (non-hydrogen) atoms. The number of carbonyl (C=O) groups is 2. The van der Waals surface area contributed by atoms with Gasteiger partial charge in [0, 0.05) is 17.0 Å². The van der Waals surface area contributed by atoms with E-state index in [2.05, 4.69) is 14.2 Å². The average molecular weight is 424 g/mol. The SMILES string of the molecule is COC(=O)c1csc(C(=O)c2cn(COP([O-])[O-])c3ccccc23)n1.[Na+].[Na+]. The molecule has 3 rings (SSSR count). The molecule has 3 aromatic rings. The molecule has 2 aromatic heterocycles. The number of carbonyl (C=O) groups excluding carboxylic acids is 2. The number of benzene rings is 1. The molecule has 12 heteroatoms. The number of thiazole rings is 1. The zero-order valence-corrected chi connectivity index (χ0v) is 20.6. The van der Waals surface area contributed by atoms with E-state index in [1.165, 1.54) is 23.3 Å². The van der Waals surface area contributed by atoms with Crippen LogP contribution in [0, 0.1) is 0 Å². The number of ketones is 1. The van der Waals surface area contributed by atoms with Crippen molar-refractivity contribution in [1.82, 2.24) is 9.55 Å². The predicted molar refractivity (Wildman–Crippen MR) is 86.8 cm³/mol. The molecule has 0 unspecified atom stereocenters. The zero-order chi connectivity index (χ0) is 18.0. The predicted octanol–water partition coefficient (Wildman–Crippen LogP) is -4.95. The van der Waals surface area contributed by atoms with E-state index in [9.17, 15) is 19.4 Å². The van der Waals surface area contributed by atoms with Gasteiger partial charge in [-0.15, -0.1) is 11.3 Å². The Bertz CT molecular complexity index is 945. The van der Waals surface area contributed by atoms with Crippen LogP contribution in [0.2, 0.25) is 0 Å². The number of para-hydroxylation sites is 1. The quantitative estimate of drug-likeness (QED) is 0.168. The van der Waals surface area contributed by atoms with Crippen molar-refractivity contribution in [1.29, 1.82) is 0 Å². The number of fused-ring (bicyclic) bond motifs is 1. The first kappa shape index (κ1) is 24.9. The molecule has 0 saturated carbocycles. The summed E-state index contributed by atoms with van der Waals surface area (Å²) < 4.78 is 10.7. The fraction of sp³-hybridized carbons (Fsp3) is 0.133. The molecule has 0 N–H and O–H groups in total. The minimum absolute atomic E-state index is 0. The zero-order valence-electron chi connectivity index (χ0n) is 14.9. The molecule has 0 bridgehead atoms. The van der Waals surface area contributed by atoms with E-state index in [0.717, 1.165) is 11.3 Å². The number of nitrogens with zero attached hydrogens (tertiary/aromatic N) is 2. The van der Waals surface area contributed by atoms with Crippen molar-refractivity contribution in [2.45, 2.75) is 6.73 Å². The van der Waals surface area contributed by atoms with Crippen LogP contribution in [0.4, 0.5) is 0 Å². The summed E-state index contributed by atoms with van der Waals surface area (Å²) >= 11 is 1.03. The number of ether oxygens (including phenoxy) is 1. The van der Waals surface area contributed by atoms with Crippen LogP contribution >= 0.6 is 19.9 Å². The number of hydrogen-bond donors (Lipinski definition) is 0. The van der Waals surface area contributed by atoms with Crippen molar-refractivity contribution in [3.63, 3.8) is 0 Å². The molecule has 1 aromatic carbocycles. The first-order valence-corrected chi connectivity index (χ1v) is 8.92. The van der Waals surface area contributed by atoms with Crippen molar-refractivity contribution < 1.29 is 87.8 Å². The number of aromatic nitrogens is 2. The summed E-state index contributed by atoms with van der Waals surface area (Å²) in [7, 11) is -1.77. The Hall–Kier alpha value is -0.160. The van der Waals surface area contributed by atoms with Gasteiger partial charge in [-0.2, -0.15) is 8.60 Å². The van der Waals surface area contributed by atoms with Gasteiger partial charge in [0.25, 0.3) is 0 Å². The van der Waals surface area contributed by atoms with Gasteiger partial charge in [0.1, 0.15) is 6.73 Å². The van der Waals surface area contributed by atoms with E-state index < -0.39 is 14.6 Å². The van der Waals surface area contributed by atoms with Gasteiger partial charge in [0.05, 0.1) is 18.2 Å². The molecule has 8 nitrogen and oxygen atoms in total. The van der Waals surface area contributed by atoms with Crippen molar-refractivity contribution in [3.8, 4) is 0 Å². The van der Waals surface area contributed by atoms with Gasteiger partial charge in [-0.3, -0.25) is 4.79 Å². The van der Waals surface area contributed by atoms with Gasteiger partial charge >= 0.3 is 65.1 Å². The number of hydrogen-bond acceptors (Lipinski definition) is 8. The van der Waals surface area contributed by atoms with E-state index in [4.69, 9.17) is 0 Å². The minimum atomic E-state index is -3.00. The molecular weight excluding hydrogens is 413 g/mol. The third-order valence-electron chi connectivity index (χ3n) is 3.43.